The summed E-state index contributed by atoms with van der Waals surface area (Å²) in [5.74, 6) is 0.0859. The van der Waals surface area contributed by atoms with Crippen molar-refractivity contribution >= 4 is 0 Å². The highest BCUT2D eigenvalue weighted by atomic mass is 19.1. The van der Waals surface area contributed by atoms with Crippen LogP contribution < -0.4 is 10.1 Å². The van der Waals surface area contributed by atoms with Gasteiger partial charge in [-0.1, -0.05) is 32.9 Å². The molecular formula is C15H22FNO. The molecule has 0 bridgehead atoms. The Balaban J connectivity index is 1.95. The molecule has 2 unspecified atom stereocenters. The minimum atomic E-state index is -0.279. The number of hydrogen-bond acceptors (Lipinski definition) is 2. The Morgan fingerprint density at radius 3 is 2.72 bits per heavy atom. The Kier molecular flexibility index (Phi) is 3.91. The van der Waals surface area contributed by atoms with Crippen molar-refractivity contribution in [2.24, 2.45) is 5.41 Å². The maximum absolute atomic E-state index is 13.5. The molecule has 0 amide bonds. The monoisotopic (exact) mass is 251 g/mol. The topological polar surface area (TPSA) is 21.3 Å². The second-order valence-electron chi connectivity index (χ2n) is 5.60. The Hall–Kier alpha value is -1.09. The maximum Gasteiger partial charge on any atom is 0.165 e. The molecule has 2 atom stereocenters. The number of halogens is 1. The molecule has 1 fully saturated rings. The Morgan fingerprint density at radius 1 is 1.39 bits per heavy atom. The number of para-hydroxylation sites is 1. The second-order valence-corrected chi connectivity index (χ2v) is 5.60. The summed E-state index contributed by atoms with van der Waals surface area (Å²) in [6.07, 6.45) is 2.16. The Bertz CT molecular complexity index is 405. The van der Waals surface area contributed by atoms with E-state index < -0.39 is 0 Å². The standard InChI is InChI=1S/C15H22FNO/c1-4-9-17-13-10-14(15(13,2)3)18-12-8-6-5-7-11(12)16/h5-8,13-14,17H,4,9-10H2,1-3H3. The smallest absolute Gasteiger partial charge is 0.165 e. The normalized spacial score (nSPS) is 25.6. The minimum Gasteiger partial charge on any atom is -0.487 e. The van der Waals surface area contributed by atoms with E-state index in [1.807, 2.05) is 0 Å². The zero-order valence-electron chi connectivity index (χ0n) is 11.4. The van der Waals surface area contributed by atoms with Crippen molar-refractivity contribution in [1.82, 2.24) is 5.32 Å². The molecule has 2 rings (SSSR count). The zero-order chi connectivity index (χ0) is 13.2. The van der Waals surface area contributed by atoms with Gasteiger partial charge in [0.25, 0.3) is 0 Å². The molecule has 0 spiro atoms. The lowest BCUT2D eigenvalue weighted by Crippen LogP contribution is -2.62. The quantitative estimate of drug-likeness (QED) is 0.866. The molecule has 100 valence electrons. The van der Waals surface area contributed by atoms with Crippen LogP contribution in [0.3, 0.4) is 0 Å². The number of hydrogen-bond donors (Lipinski definition) is 1. The van der Waals surface area contributed by atoms with Crippen LogP contribution in [0, 0.1) is 11.2 Å². The van der Waals surface area contributed by atoms with Gasteiger partial charge >= 0.3 is 0 Å². The van der Waals surface area contributed by atoms with E-state index in [9.17, 15) is 4.39 Å². The van der Waals surface area contributed by atoms with E-state index in [2.05, 4.69) is 26.1 Å². The van der Waals surface area contributed by atoms with Crippen molar-refractivity contribution in [2.75, 3.05) is 6.54 Å². The van der Waals surface area contributed by atoms with Crippen LogP contribution in [0.25, 0.3) is 0 Å². The van der Waals surface area contributed by atoms with Crippen LogP contribution in [-0.4, -0.2) is 18.7 Å². The summed E-state index contributed by atoms with van der Waals surface area (Å²) in [7, 11) is 0. The molecule has 2 nitrogen and oxygen atoms in total. The first-order valence-corrected chi connectivity index (χ1v) is 6.70. The Morgan fingerprint density at radius 2 is 2.11 bits per heavy atom. The van der Waals surface area contributed by atoms with E-state index >= 15 is 0 Å². The average molecular weight is 251 g/mol. The maximum atomic E-state index is 13.5. The van der Waals surface area contributed by atoms with Gasteiger partial charge in [0.2, 0.25) is 0 Å². The van der Waals surface area contributed by atoms with Gasteiger partial charge in [-0.15, -0.1) is 0 Å². The van der Waals surface area contributed by atoms with Gasteiger partial charge in [-0.05, 0) is 25.1 Å². The first-order chi connectivity index (χ1) is 8.55. The van der Waals surface area contributed by atoms with E-state index in [4.69, 9.17) is 4.74 Å². The van der Waals surface area contributed by atoms with Crippen LogP contribution in [-0.2, 0) is 0 Å². The first-order valence-electron chi connectivity index (χ1n) is 6.70. The first kappa shape index (κ1) is 13.3. The summed E-state index contributed by atoms with van der Waals surface area (Å²) in [6.45, 7) is 7.54. The molecule has 1 aromatic rings. The van der Waals surface area contributed by atoms with E-state index in [0.717, 1.165) is 19.4 Å². The molecule has 1 aliphatic rings. The van der Waals surface area contributed by atoms with Crippen LogP contribution in [0.1, 0.15) is 33.6 Å². The number of nitrogens with one attached hydrogen (secondary N) is 1. The highest BCUT2D eigenvalue weighted by Crippen LogP contribution is 2.43. The highest BCUT2D eigenvalue weighted by Gasteiger charge is 2.49. The molecule has 1 N–H and O–H groups in total. The predicted molar refractivity (Wildman–Crippen MR) is 71.3 cm³/mol. The largest absolute Gasteiger partial charge is 0.487 e. The molecule has 0 radical (unpaired) electrons. The molecule has 0 heterocycles. The fourth-order valence-corrected chi connectivity index (χ4v) is 2.44. The van der Waals surface area contributed by atoms with Crippen molar-refractivity contribution in [3.63, 3.8) is 0 Å². The third-order valence-corrected chi connectivity index (χ3v) is 3.92. The van der Waals surface area contributed by atoms with Crippen molar-refractivity contribution in [1.29, 1.82) is 0 Å². The second kappa shape index (κ2) is 5.27. The van der Waals surface area contributed by atoms with Crippen molar-refractivity contribution in [3.8, 4) is 5.75 Å². The Labute approximate surface area is 109 Å². The van der Waals surface area contributed by atoms with Gasteiger partial charge < -0.3 is 10.1 Å². The molecular weight excluding hydrogens is 229 g/mol. The molecule has 0 aliphatic heterocycles. The lowest BCUT2D eigenvalue weighted by Gasteiger charge is -2.51. The number of rotatable bonds is 5. The summed E-state index contributed by atoms with van der Waals surface area (Å²) in [4.78, 5) is 0. The molecule has 0 saturated heterocycles. The summed E-state index contributed by atoms with van der Waals surface area (Å²) in [5.41, 5.74) is 0.0530. The van der Waals surface area contributed by atoms with Crippen LogP contribution in [0.4, 0.5) is 4.39 Å². The average Bonchev–Trinajstić information content (AvgIpc) is 2.35. The third-order valence-electron chi connectivity index (χ3n) is 3.92. The van der Waals surface area contributed by atoms with Crippen LogP contribution >= 0.6 is 0 Å². The minimum absolute atomic E-state index is 0.0530. The fraction of sp³-hybridized carbons (Fsp3) is 0.600. The van der Waals surface area contributed by atoms with E-state index in [1.54, 1.807) is 18.2 Å². The lowest BCUT2D eigenvalue weighted by atomic mass is 9.64. The van der Waals surface area contributed by atoms with Gasteiger partial charge in [-0.25, -0.2) is 4.39 Å². The summed E-state index contributed by atoms with van der Waals surface area (Å²) < 4.78 is 19.3. The molecule has 1 saturated carbocycles. The van der Waals surface area contributed by atoms with Crippen molar-refractivity contribution in [2.45, 2.75) is 45.8 Å². The fourth-order valence-electron chi connectivity index (χ4n) is 2.44. The number of benzene rings is 1. The summed E-state index contributed by atoms with van der Waals surface area (Å²) in [5, 5.41) is 3.52. The highest BCUT2D eigenvalue weighted by molar-refractivity contribution is 5.25. The molecule has 3 heteroatoms. The third kappa shape index (κ3) is 2.51. The van der Waals surface area contributed by atoms with Crippen LogP contribution in [0.15, 0.2) is 24.3 Å². The molecule has 0 aromatic heterocycles. The van der Waals surface area contributed by atoms with Gasteiger partial charge in [0.15, 0.2) is 11.6 Å². The van der Waals surface area contributed by atoms with Crippen LogP contribution in [0.5, 0.6) is 5.75 Å². The lowest BCUT2D eigenvalue weighted by molar-refractivity contribution is -0.0562. The molecule has 1 aromatic carbocycles. The van der Waals surface area contributed by atoms with Gasteiger partial charge in [-0.2, -0.15) is 0 Å². The SMILES string of the molecule is CCCNC1CC(Oc2ccccc2F)C1(C)C. The van der Waals surface area contributed by atoms with Crippen molar-refractivity contribution in [3.05, 3.63) is 30.1 Å². The van der Waals surface area contributed by atoms with E-state index in [1.165, 1.54) is 6.07 Å². The number of ether oxygens (including phenoxy) is 1. The summed E-state index contributed by atoms with van der Waals surface area (Å²) >= 11 is 0. The van der Waals surface area contributed by atoms with Gasteiger partial charge in [-0.3, -0.25) is 0 Å². The predicted octanol–water partition coefficient (Wildman–Crippen LogP) is 3.37. The van der Waals surface area contributed by atoms with Crippen molar-refractivity contribution < 1.29 is 9.13 Å². The summed E-state index contributed by atoms with van der Waals surface area (Å²) in [6, 6.07) is 7.08. The van der Waals surface area contributed by atoms with E-state index in [-0.39, 0.29) is 17.3 Å². The van der Waals surface area contributed by atoms with Crippen LogP contribution in [0.2, 0.25) is 0 Å². The van der Waals surface area contributed by atoms with Gasteiger partial charge in [0.1, 0.15) is 6.10 Å². The van der Waals surface area contributed by atoms with Gasteiger partial charge in [0.05, 0.1) is 0 Å². The van der Waals surface area contributed by atoms with E-state index in [0.29, 0.717) is 11.8 Å². The van der Waals surface area contributed by atoms with Gasteiger partial charge in [0, 0.05) is 17.9 Å². The molecule has 1 aliphatic carbocycles. The zero-order valence-corrected chi connectivity index (χ0v) is 11.4. The molecule has 18 heavy (non-hydrogen) atoms.